The van der Waals surface area contributed by atoms with Crippen molar-refractivity contribution in [3.05, 3.63) is 89.5 Å². The van der Waals surface area contributed by atoms with Gasteiger partial charge in [-0.15, -0.1) is 12.4 Å². The lowest BCUT2D eigenvalue weighted by Gasteiger charge is -2.32. The molecule has 1 amide bonds. The standard InChI is InChI=1S/C20H21N3O.ClH/c1-15-22-14-18(23-15)12-13-20(19(21)24,16-8-4-2-5-9-16)17-10-6-3-7-11-17;/h2-11,14H,12-13H2,1H3,(H2,21,24)(H,22,23);1H. The van der Waals surface area contributed by atoms with Crippen molar-refractivity contribution in [2.75, 3.05) is 0 Å². The summed E-state index contributed by atoms with van der Waals surface area (Å²) in [5.41, 5.74) is 7.83. The molecule has 3 N–H and O–H groups in total. The number of carbonyl (C=O) groups is 1. The minimum absolute atomic E-state index is 0. The van der Waals surface area contributed by atoms with E-state index in [1.54, 1.807) is 0 Å². The van der Waals surface area contributed by atoms with Gasteiger partial charge in [0.15, 0.2) is 0 Å². The number of nitrogens with two attached hydrogens (primary N) is 1. The van der Waals surface area contributed by atoms with Crippen molar-refractivity contribution in [2.24, 2.45) is 5.73 Å². The largest absolute Gasteiger partial charge is 0.369 e. The number of nitrogens with zero attached hydrogens (tertiary/aromatic N) is 1. The molecule has 3 rings (SSSR count). The SMILES string of the molecule is Cc1nc(CCC(C(N)=O)(c2ccccc2)c2ccccc2)c[nH]1.Cl. The summed E-state index contributed by atoms with van der Waals surface area (Å²) >= 11 is 0. The number of aromatic nitrogens is 2. The number of amides is 1. The number of carbonyl (C=O) groups excluding carboxylic acids is 1. The number of benzene rings is 2. The number of hydrogen-bond acceptors (Lipinski definition) is 2. The molecule has 0 aliphatic rings. The molecule has 0 saturated heterocycles. The van der Waals surface area contributed by atoms with E-state index < -0.39 is 5.41 Å². The number of H-pyrrole nitrogens is 1. The summed E-state index contributed by atoms with van der Waals surface area (Å²) in [6.45, 7) is 1.92. The maximum atomic E-state index is 12.6. The van der Waals surface area contributed by atoms with Gasteiger partial charge in [0, 0.05) is 6.20 Å². The molecular formula is C20H22ClN3O. The fraction of sp³-hybridized carbons (Fsp3) is 0.200. The van der Waals surface area contributed by atoms with Crippen molar-refractivity contribution in [3.8, 4) is 0 Å². The lowest BCUT2D eigenvalue weighted by atomic mass is 9.70. The van der Waals surface area contributed by atoms with E-state index in [-0.39, 0.29) is 18.3 Å². The van der Waals surface area contributed by atoms with Crippen LogP contribution in [0.5, 0.6) is 0 Å². The van der Waals surface area contributed by atoms with Crippen molar-refractivity contribution < 1.29 is 4.79 Å². The van der Waals surface area contributed by atoms with Crippen molar-refractivity contribution in [2.45, 2.75) is 25.2 Å². The van der Waals surface area contributed by atoms with Crippen LogP contribution in [0.25, 0.3) is 0 Å². The van der Waals surface area contributed by atoms with Gasteiger partial charge in [0.05, 0.1) is 11.1 Å². The number of hydrogen-bond donors (Lipinski definition) is 2. The van der Waals surface area contributed by atoms with Crippen LogP contribution in [0.3, 0.4) is 0 Å². The second kappa shape index (κ2) is 7.99. The van der Waals surface area contributed by atoms with Crippen molar-refractivity contribution >= 4 is 18.3 Å². The number of aryl methyl sites for hydroxylation is 2. The third-order valence-corrected chi connectivity index (χ3v) is 4.47. The first-order chi connectivity index (χ1) is 11.6. The number of imidazole rings is 1. The maximum Gasteiger partial charge on any atom is 0.232 e. The molecule has 25 heavy (non-hydrogen) atoms. The zero-order chi connectivity index (χ0) is 17.0. The highest BCUT2D eigenvalue weighted by Crippen LogP contribution is 2.36. The molecule has 4 nitrogen and oxygen atoms in total. The average molecular weight is 356 g/mol. The van der Waals surface area contributed by atoms with Gasteiger partial charge in [-0.3, -0.25) is 4.79 Å². The van der Waals surface area contributed by atoms with Crippen molar-refractivity contribution in [1.29, 1.82) is 0 Å². The first kappa shape index (κ1) is 18.7. The van der Waals surface area contributed by atoms with Crippen LogP contribution >= 0.6 is 12.4 Å². The average Bonchev–Trinajstić information content (AvgIpc) is 3.02. The zero-order valence-electron chi connectivity index (χ0n) is 14.1. The summed E-state index contributed by atoms with van der Waals surface area (Å²) in [5, 5.41) is 0. The Hall–Kier alpha value is -2.59. The van der Waals surface area contributed by atoms with Crippen LogP contribution in [-0.4, -0.2) is 15.9 Å². The Morgan fingerprint density at radius 1 is 1.04 bits per heavy atom. The lowest BCUT2D eigenvalue weighted by molar-refractivity contribution is -0.122. The fourth-order valence-electron chi connectivity index (χ4n) is 3.22. The van der Waals surface area contributed by atoms with Crippen LogP contribution in [0.1, 0.15) is 29.1 Å². The Kier molecular flexibility index (Phi) is 5.99. The van der Waals surface area contributed by atoms with E-state index in [9.17, 15) is 4.79 Å². The van der Waals surface area contributed by atoms with Crippen LogP contribution < -0.4 is 5.73 Å². The van der Waals surface area contributed by atoms with Gasteiger partial charge in [0.25, 0.3) is 0 Å². The third-order valence-electron chi connectivity index (χ3n) is 4.47. The van der Waals surface area contributed by atoms with Crippen LogP contribution in [0.4, 0.5) is 0 Å². The molecule has 0 unspecified atom stereocenters. The molecule has 1 aromatic heterocycles. The van der Waals surface area contributed by atoms with Gasteiger partial charge in [-0.05, 0) is 30.9 Å². The predicted octanol–water partition coefficient (Wildman–Crippen LogP) is 3.54. The minimum Gasteiger partial charge on any atom is -0.369 e. The molecule has 1 heterocycles. The predicted molar refractivity (Wildman–Crippen MR) is 102 cm³/mol. The number of nitrogens with one attached hydrogen (secondary N) is 1. The van der Waals surface area contributed by atoms with Crippen LogP contribution in [0.2, 0.25) is 0 Å². The van der Waals surface area contributed by atoms with Gasteiger partial charge in [-0.1, -0.05) is 60.7 Å². The van der Waals surface area contributed by atoms with Crippen molar-refractivity contribution in [1.82, 2.24) is 9.97 Å². The number of halogens is 1. The first-order valence-electron chi connectivity index (χ1n) is 8.05. The van der Waals surface area contributed by atoms with E-state index in [1.165, 1.54) is 0 Å². The van der Waals surface area contributed by atoms with Gasteiger partial charge < -0.3 is 10.7 Å². The van der Waals surface area contributed by atoms with Crippen LogP contribution in [0, 0.1) is 6.92 Å². The van der Waals surface area contributed by atoms with Crippen LogP contribution in [0.15, 0.2) is 66.9 Å². The topological polar surface area (TPSA) is 71.8 Å². The molecule has 2 aromatic carbocycles. The van der Waals surface area contributed by atoms with E-state index >= 15 is 0 Å². The molecule has 3 aromatic rings. The third kappa shape index (κ3) is 3.74. The molecule has 5 heteroatoms. The van der Waals surface area contributed by atoms with Crippen LogP contribution in [-0.2, 0) is 16.6 Å². The highest BCUT2D eigenvalue weighted by Gasteiger charge is 2.40. The number of primary amides is 1. The number of aromatic amines is 1. The molecule has 0 aliphatic carbocycles. The maximum absolute atomic E-state index is 12.6. The zero-order valence-corrected chi connectivity index (χ0v) is 14.9. The summed E-state index contributed by atoms with van der Waals surface area (Å²) in [5.74, 6) is 0.529. The first-order valence-corrected chi connectivity index (χ1v) is 8.05. The van der Waals surface area contributed by atoms with E-state index in [4.69, 9.17) is 5.73 Å². The molecule has 0 radical (unpaired) electrons. The van der Waals surface area contributed by atoms with E-state index in [2.05, 4.69) is 9.97 Å². The molecule has 0 spiro atoms. The molecule has 0 bridgehead atoms. The van der Waals surface area contributed by atoms with Gasteiger partial charge in [0.1, 0.15) is 5.82 Å². The van der Waals surface area contributed by atoms with E-state index in [0.29, 0.717) is 12.8 Å². The fourth-order valence-corrected chi connectivity index (χ4v) is 3.22. The second-order valence-electron chi connectivity index (χ2n) is 5.98. The smallest absolute Gasteiger partial charge is 0.232 e. The normalized spacial score (nSPS) is 10.9. The van der Waals surface area contributed by atoms with E-state index in [0.717, 1.165) is 22.6 Å². The van der Waals surface area contributed by atoms with Gasteiger partial charge in [-0.25, -0.2) is 4.98 Å². The van der Waals surface area contributed by atoms with Gasteiger partial charge in [0.2, 0.25) is 5.91 Å². The molecular weight excluding hydrogens is 334 g/mol. The number of rotatable bonds is 6. The molecule has 0 saturated carbocycles. The summed E-state index contributed by atoms with van der Waals surface area (Å²) in [4.78, 5) is 20.2. The summed E-state index contributed by atoms with van der Waals surface area (Å²) in [7, 11) is 0. The summed E-state index contributed by atoms with van der Waals surface area (Å²) in [6.07, 6.45) is 3.12. The Morgan fingerprint density at radius 3 is 1.96 bits per heavy atom. The molecule has 0 aliphatic heterocycles. The van der Waals surface area contributed by atoms with Gasteiger partial charge in [-0.2, -0.15) is 0 Å². The highest BCUT2D eigenvalue weighted by atomic mass is 35.5. The Balaban J connectivity index is 0.00000225. The highest BCUT2D eigenvalue weighted by molar-refractivity contribution is 5.90. The monoisotopic (exact) mass is 355 g/mol. The lowest BCUT2D eigenvalue weighted by Crippen LogP contribution is -2.42. The summed E-state index contributed by atoms with van der Waals surface area (Å²) < 4.78 is 0. The molecule has 130 valence electrons. The van der Waals surface area contributed by atoms with Gasteiger partial charge >= 0.3 is 0 Å². The Labute approximate surface area is 153 Å². The minimum atomic E-state index is -0.866. The second-order valence-corrected chi connectivity index (χ2v) is 5.98. The quantitative estimate of drug-likeness (QED) is 0.709. The molecule has 0 fully saturated rings. The van der Waals surface area contributed by atoms with Crippen molar-refractivity contribution in [3.63, 3.8) is 0 Å². The van der Waals surface area contributed by atoms with E-state index in [1.807, 2.05) is 73.8 Å². The molecule has 0 atom stereocenters. The Morgan fingerprint density at radius 2 is 1.56 bits per heavy atom. The summed E-state index contributed by atoms with van der Waals surface area (Å²) in [6, 6.07) is 19.5. The Bertz CT molecular complexity index is 776.